The SMILES string of the molecule is Cc1cnn(C(c2ccccc2Cl)C(C)c2nc(C(=O)Nc3cnoc3)c(O)c(=O)n2C)c1. The van der Waals surface area contributed by atoms with E-state index in [2.05, 4.69) is 20.6 Å². The van der Waals surface area contributed by atoms with E-state index in [4.69, 9.17) is 16.1 Å². The van der Waals surface area contributed by atoms with Crippen molar-refractivity contribution in [3.8, 4) is 5.75 Å². The van der Waals surface area contributed by atoms with Crippen LogP contribution in [0.5, 0.6) is 5.75 Å². The summed E-state index contributed by atoms with van der Waals surface area (Å²) in [7, 11) is 1.49. The van der Waals surface area contributed by atoms with Crippen LogP contribution in [0.1, 0.15) is 46.3 Å². The lowest BCUT2D eigenvalue weighted by Crippen LogP contribution is -2.30. The van der Waals surface area contributed by atoms with E-state index < -0.39 is 34.9 Å². The smallest absolute Gasteiger partial charge is 0.296 e. The average Bonchev–Trinajstić information content (AvgIpc) is 3.45. The van der Waals surface area contributed by atoms with Gasteiger partial charge in [0, 0.05) is 24.2 Å². The lowest BCUT2D eigenvalue weighted by molar-refractivity contribution is 0.101. The minimum Gasteiger partial charge on any atom is -0.501 e. The van der Waals surface area contributed by atoms with E-state index >= 15 is 0 Å². The van der Waals surface area contributed by atoms with E-state index in [-0.39, 0.29) is 11.5 Å². The third-order valence-corrected chi connectivity index (χ3v) is 5.67. The Labute approximate surface area is 193 Å². The fraction of sp³-hybridized carbons (Fsp3) is 0.227. The Balaban J connectivity index is 1.83. The number of anilines is 1. The van der Waals surface area contributed by atoms with E-state index in [0.29, 0.717) is 5.02 Å². The molecule has 0 aliphatic carbocycles. The molecule has 0 radical (unpaired) electrons. The van der Waals surface area contributed by atoms with Gasteiger partial charge in [0.2, 0.25) is 5.75 Å². The maximum atomic E-state index is 12.8. The Hall–Kier alpha value is -3.92. The maximum Gasteiger partial charge on any atom is 0.296 e. The van der Waals surface area contributed by atoms with Gasteiger partial charge in [0.15, 0.2) is 5.69 Å². The van der Waals surface area contributed by atoms with Crippen LogP contribution in [0.25, 0.3) is 0 Å². The fourth-order valence-corrected chi connectivity index (χ4v) is 3.96. The van der Waals surface area contributed by atoms with Crippen LogP contribution in [0, 0.1) is 6.92 Å². The van der Waals surface area contributed by atoms with Crippen LogP contribution in [0.15, 0.2) is 58.4 Å². The van der Waals surface area contributed by atoms with E-state index in [0.717, 1.165) is 11.1 Å². The molecule has 3 heterocycles. The van der Waals surface area contributed by atoms with Crippen molar-refractivity contribution >= 4 is 23.2 Å². The Bertz CT molecular complexity index is 1360. The summed E-state index contributed by atoms with van der Waals surface area (Å²) in [5.74, 6) is -1.73. The van der Waals surface area contributed by atoms with Gasteiger partial charge in [-0.15, -0.1) is 0 Å². The molecule has 2 N–H and O–H groups in total. The Morgan fingerprint density at radius 3 is 2.67 bits per heavy atom. The number of hydrogen-bond donors (Lipinski definition) is 2. The van der Waals surface area contributed by atoms with Crippen molar-refractivity contribution in [3.05, 3.63) is 87.1 Å². The van der Waals surface area contributed by atoms with Gasteiger partial charge in [-0.05, 0) is 24.1 Å². The first kappa shape index (κ1) is 22.3. The molecule has 0 aliphatic rings. The van der Waals surface area contributed by atoms with E-state index in [1.807, 2.05) is 38.2 Å². The van der Waals surface area contributed by atoms with Crippen LogP contribution < -0.4 is 10.9 Å². The van der Waals surface area contributed by atoms with Crippen molar-refractivity contribution in [1.82, 2.24) is 24.5 Å². The first-order chi connectivity index (χ1) is 15.8. The highest BCUT2D eigenvalue weighted by molar-refractivity contribution is 6.31. The third-order valence-electron chi connectivity index (χ3n) is 5.33. The molecule has 0 bridgehead atoms. The molecule has 0 aliphatic heterocycles. The number of carbonyl (C=O) groups excluding carboxylic acids is 1. The van der Waals surface area contributed by atoms with Gasteiger partial charge in [-0.2, -0.15) is 5.10 Å². The largest absolute Gasteiger partial charge is 0.501 e. The van der Waals surface area contributed by atoms with Gasteiger partial charge in [0.25, 0.3) is 11.5 Å². The number of benzene rings is 1. The molecular formula is C22H21ClN6O4. The molecule has 2 atom stereocenters. The summed E-state index contributed by atoms with van der Waals surface area (Å²) in [5.41, 5.74) is 0.818. The molecule has 4 aromatic rings. The first-order valence-electron chi connectivity index (χ1n) is 10.0. The molecule has 0 saturated heterocycles. The van der Waals surface area contributed by atoms with Gasteiger partial charge in [-0.3, -0.25) is 18.8 Å². The number of nitrogens with zero attached hydrogens (tertiary/aromatic N) is 5. The highest BCUT2D eigenvalue weighted by Gasteiger charge is 2.31. The second-order valence-corrected chi connectivity index (χ2v) is 8.06. The van der Waals surface area contributed by atoms with Crippen LogP contribution >= 0.6 is 11.6 Å². The average molecular weight is 469 g/mol. The lowest BCUT2D eigenvalue weighted by Gasteiger charge is -2.27. The van der Waals surface area contributed by atoms with Crippen LogP contribution in [-0.2, 0) is 7.05 Å². The second-order valence-electron chi connectivity index (χ2n) is 7.65. The molecule has 3 aromatic heterocycles. The van der Waals surface area contributed by atoms with Crippen LogP contribution in [0.2, 0.25) is 5.02 Å². The zero-order chi connectivity index (χ0) is 23.7. The monoisotopic (exact) mass is 468 g/mol. The number of amides is 1. The van der Waals surface area contributed by atoms with Crippen LogP contribution in [-0.4, -0.2) is 35.5 Å². The van der Waals surface area contributed by atoms with Crippen LogP contribution in [0.3, 0.4) is 0 Å². The summed E-state index contributed by atoms with van der Waals surface area (Å²) in [6.07, 6.45) is 6.08. The molecule has 0 saturated carbocycles. The topological polar surface area (TPSA) is 128 Å². The number of nitrogens with one attached hydrogen (secondary N) is 1. The highest BCUT2D eigenvalue weighted by atomic mass is 35.5. The number of aromatic nitrogens is 5. The van der Waals surface area contributed by atoms with Gasteiger partial charge in [0.05, 0.1) is 18.4 Å². The summed E-state index contributed by atoms with van der Waals surface area (Å²) in [4.78, 5) is 29.9. The molecule has 11 heteroatoms. The molecule has 170 valence electrons. The van der Waals surface area contributed by atoms with Gasteiger partial charge in [-0.1, -0.05) is 41.9 Å². The summed E-state index contributed by atoms with van der Waals surface area (Å²) >= 11 is 6.52. The number of aryl methyl sites for hydroxylation is 1. The Kier molecular flexibility index (Phi) is 6.01. The second kappa shape index (κ2) is 8.91. The Morgan fingerprint density at radius 2 is 2.03 bits per heavy atom. The predicted octanol–water partition coefficient (Wildman–Crippen LogP) is 3.28. The summed E-state index contributed by atoms with van der Waals surface area (Å²) in [5, 5.41) is 21.3. The molecule has 1 amide bonds. The van der Waals surface area contributed by atoms with Crippen molar-refractivity contribution in [1.29, 1.82) is 0 Å². The number of aromatic hydroxyl groups is 1. The molecular weight excluding hydrogens is 448 g/mol. The first-order valence-corrected chi connectivity index (χ1v) is 10.4. The predicted molar refractivity (Wildman–Crippen MR) is 121 cm³/mol. The van der Waals surface area contributed by atoms with Gasteiger partial charge in [0.1, 0.15) is 17.8 Å². The molecule has 2 unspecified atom stereocenters. The molecule has 4 rings (SSSR count). The zero-order valence-corrected chi connectivity index (χ0v) is 18.8. The van der Waals surface area contributed by atoms with Crippen molar-refractivity contribution in [2.24, 2.45) is 7.05 Å². The molecule has 10 nitrogen and oxygen atoms in total. The lowest BCUT2D eigenvalue weighted by atomic mass is 9.93. The summed E-state index contributed by atoms with van der Waals surface area (Å²) in [6, 6.07) is 6.89. The van der Waals surface area contributed by atoms with Gasteiger partial charge < -0.3 is 14.9 Å². The van der Waals surface area contributed by atoms with Crippen molar-refractivity contribution in [2.75, 3.05) is 5.32 Å². The molecule has 0 spiro atoms. The number of halogens is 1. The standard InChI is InChI=1S/C22H21ClN6O4/c1-12-8-24-29(10-12)18(15-6-4-5-7-16(15)23)13(2)20-27-17(19(30)22(32)28(20)3)21(31)26-14-9-25-33-11-14/h4-11,13,18,30H,1-3H3,(H,26,31). The molecule has 1 aromatic carbocycles. The maximum absolute atomic E-state index is 12.8. The molecule has 0 fully saturated rings. The van der Waals surface area contributed by atoms with E-state index in [9.17, 15) is 14.7 Å². The summed E-state index contributed by atoms with van der Waals surface area (Å²) in [6.45, 7) is 3.77. The highest BCUT2D eigenvalue weighted by Crippen LogP contribution is 2.36. The van der Waals surface area contributed by atoms with Crippen molar-refractivity contribution in [3.63, 3.8) is 0 Å². The van der Waals surface area contributed by atoms with E-state index in [1.54, 1.807) is 16.9 Å². The normalized spacial score (nSPS) is 13.0. The minimum atomic E-state index is -0.772. The minimum absolute atomic E-state index is 0.262. The number of hydrogen-bond acceptors (Lipinski definition) is 7. The van der Waals surface area contributed by atoms with Crippen molar-refractivity contribution in [2.45, 2.75) is 25.8 Å². The van der Waals surface area contributed by atoms with E-state index in [1.165, 1.54) is 24.1 Å². The quantitative estimate of drug-likeness (QED) is 0.444. The number of rotatable bonds is 6. The molecule has 33 heavy (non-hydrogen) atoms. The third kappa shape index (κ3) is 4.24. The number of carbonyl (C=O) groups is 1. The Morgan fingerprint density at radius 1 is 1.27 bits per heavy atom. The fourth-order valence-electron chi connectivity index (χ4n) is 3.71. The van der Waals surface area contributed by atoms with Gasteiger partial charge in [-0.25, -0.2) is 4.98 Å². The van der Waals surface area contributed by atoms with Gasteiger partial charge >= 0.3 is 0 Å². The summed E-state index contributed by atoms with van der Waals surface area (Å²) < 4.78 is 7.66. The van der Waals surface area contributed by atoms with Crippen LogP contribution in [0.4, 0.5) is 5.69 Å². The zero-order valence-electron chi connectivity index (χ0n) is 18.1. The van der Waals surface area contributed by atoms with Crippen molar-refractivity contribution < 1.29 is 14.4 Å².